The highest BCUT2D eigenvalue weighted by Crippen LogP contribution is 2.27. The van der Waals surface area contributed by atoms with Crippen LogP contribution in [0.4, 0.5) is 5.69 Å². The van der Waals surface area contributed by atoms with Crippen LogP contribution in [0.1, 0.15) is 58.9 Å². The SMILES string of the molecule is COc1cc(CC/C=C(/N=C/C2=CCCC2)C(=O)N2CCOCC2(C)C)ccc1NC(C)C. The molecule has 1 aromatic rings. The Labute approximate surface area is 198 Å². The van der Waals surface area contributed by atoms with Gasteiger partial charge in [0.25, 0.3) is 5.91 Å². The number of aryl methyl sites for hydroxylation is 1. The molecule has 1 amide bonds. The van der Waals surface area contributed by atoms with Gasteiger partial charge in [-0.2, -0.15) is 0 Å². The number of anilines is 1. The number of morpholine rings is 1. The summed E-state index contributed by atoms with van der Waals surface area (Å²) >= 11 is 0. The van der Waals surface area contributed by atoms with Crippen molar-refractivity contribution in [3.05, 3.63) is 47.2 Å². The van der Waals surface area contributed by atoms with Crippen LogP contribution in [0.5, 0.6) is 5.75 Å². The predicted molar refractivity (Wildman–Crippen MR) is 135 cm³/mol. The number of hydrogen-bond donors (Lipinski definition) is 1. The Morgan fingerprint density at radius 2 is 2.18 bits per heavy atom. The number of aliphatic imine (C=N–C) groups is 1. The minimum atomic E-state index is -0.344. The number of carbonyl (C=O) groups excluding carboxylic acids is 1. The Balaban J connectivity index is 1.76. The highest BCUT2D eigenvalue weighted by Gasteiger charge is 2.35. The number of nitrogens with zero attached hydrogens (tertiary/aromatic N) is 2. The molecule has 180 valence electrons. The molecule has 0 radical (unpaired) electrons. The van der Waals surface area contributed by atoms with Crippen LogP contribution in [0.15, 0.2) is 46.6 Å². The zero-order chi connectivity index (χ0) is 23.8. The third kappa shape index (κ3) is 6.94. The van der Waals surface area contributed by atoms with Gasteiger partial charge in [-0.15, -0.1) is 0 Å². The Hall–Kier alpha value is -2.60. The zero-order valence-electron chi connectivity index (χ0n) is 20.8. The lowest BCUT2D eigenvalue weighted by molar-refractivity contribution is -0.142. The number of allylic oxidation sites excluding steroid dienone is 3. The summed E-state index contributed by atoms with van der Waals surface area (Å²) in [6.07, 6.45) is 10.9. The molecule has 1 N–H and O–H groups in total. The molecular formula is C27H39N3O3. The normalized spacial score (nSPS) is 18.7. The Morgan fingerprint density at radius 1 is 1.36 bits per heavy atom. The Kier molecular flexibility index (Phi) is 8.73. The number of amides is 1. The van der Waals surface area contributed by atoms with Gasteiger partial charge in [0.05, 0.1) is 31.5 Å². The first-order chi connectivity index (χ1) is 15.8. The fourth-order valence-corrected chi connectivity index (χ4v) is 4.23. The fraction of sp³-hybridized carbons (Fsp3) is 0.556. The van der Waals surface area contributed by atoms with Gasteiger partial charge in [-0.05, 0) is 83.1 Å². The number of hydrogen-bond acceptors (Lipinski definition) is 5. The van der Waals surface area contributed by atoms with Crippen molar-refractivity contribution >= 4 is 17.8 Å². The van der Waals surface area contributed by atoms with Gasteiger partial charge in [0.15, 0.2) is 0 Å². The van der Waals surface area contributed by atoms with Crippen molar-refractivity contribution in [1.82, 2.24) is 4.90 Å². The van der Waals surface area contributed by atoms with E-state index in [1.807, 2.05) is 31.0 Å². The van der Waals surface area contributed by atoms with Crippen LogP contribution in [-0.2, 0) is 16.0 Å². The minimum absolute atomic E-state index is 0.0211. The van der Waals surface area contributed by atoms with Crippen molar-refractivity contribution in [1.29, 1.82) is 0 Å². The molecule has 0 atom stereocenters. The number of ether oxygens (including phenoxy) is 2. The molecule has 1 saturated heterocycles. The molecule has 3 rings (SSSR count). The van der Waals surface area contributed by atoms with E-state index < -0.39 is 0 Å². The van der Waals surface area contributed by atoms with E-state index >= 15 is 0 Å². The van der Waals surface area contributed by atoms with Gasteiger partial charge >= 0.3 is 0 Å². The van der Waals surface area contributed by atoms with E-state index in [1.54, 1.807) is 7.11 Å². The average molecular weight is 454 g/mol. The Bertz CT molecular complexity index is 915. The number of carbonyl (C=O) groups is 1. The van der Waals surface area contributed by atoms with Gasteiger partial charge in [-0.25, -0.2) is 0 Å². The molecule has 1 aliphatic heterocycles. The molecule has 6 nitrogen and oxygen atoms in total. The monoisotopic (exact) mass is 453 g/mol. The molecule has 1 aliphatic carbocycles. The summed E-state index contributed by atoms with van der Waals surface area (Å²) in [5, 5.41) is 3.41. The first-order valence-electron chi connectivity index (χ1n) is 12.1. The van der Waals surface area contributed by atoms with E-state index in [-0.39, 0.29) is 11.4 Å². The number of benzene rings is 1. The largest absolute Gasteiger partial charge is 0.495 e. The van der Waals surface area contributed by atoms with Crippen molar-refractivity contribution in [2.45, 2.75) is 71.4 Å². The summed E-state index contributed by atoms with van der Waals surface area (Å²) in [5.41, 5.74) is 3.55. The maximum atomic E-state index is 13.4. The quantitative estimate of drug-likeness (QED) is 0.415. The summed E-state index contributed by atoms with van der Waals surface area (Å²) in [6, 6.07) is 6.57. The molecule has 0 unspecified atom stereocenters. The molecule has 33 heavy (non-hydrogen) atoms. The van der Waals surface area contributed by atoms with Crippen LogP contribution in [0, 0.1) is 0 Å². The summed E-state index contributed by atoms with van der Waals surface area (Å²) in [4.78, 5) is 20.0. The van der Waals surface area contributed by atoms with Gasteiger partial charge in [0, 0.05) is 18.8 Å². The highest BCUT2D eigenvalue weighted by atomic mass is 16.5. The average Bonchev–Trinajstić information content (AvgIpc) is 3.29. The van der Waals surface area contributed by atoms with Crippen molar-refractivity contribution in [2.75, 3.05) is 32.2 Å². The number of nitrogens with one attached hydrogen (secondary N) is 1. The summed E-state index contributed by atoms with van der Waals surface area (Å²) in [6.45, 7) is 9.99. The second kappa shape index (κ2) is 11.5. The molecule has 6 heteroatoms. The molecule has 2 aliphatic rings. The summed E-state index contributed by atoms with van der Waals surface area (Å²) in [5.74, 6) is 0.815. The molecular weight excluding hydrogens is 414 g/mol. The number of rotatable bonds is 9. The van der Waals surface area contributed by atoms with Crippen LogP contribution in [0.3, 0.4) is 0 Å². The van der Waals surface area contributed by atoms with E-state index in [1.165, 1.54) is 11.1 Å². The van der Waals surface area contributed by atoms with Crippen LogP contribution in [0.2, 0.25) is 0 Å². The zero-order valence-corrected chi connectivity index (χ0v) is 20.8. The van der Waals surface area contributed by atoms with E-state index in [2.05, 4.69) is 48.4 Å². The summed E-state index contributed by atoms with van der Waals surface area (Å²) < 4.78 is 11.2. The van der Waals surface area contributed by atoms with Crippen molar-refractivity contribution in [3.8, 4) is 5.75 Å². The van der Waals surface area contributed by atoms with Gasteiger partial charge < -0.3 is 19.7 Å². The fourth-order valence-electron chi connectivity index (χ4n) is 4.23. The van der Waals surface area contributed by atoms with E-state index in [4.69, 9.17) is 9.47 Å². The highest BCUT2D eigenvalue weighted by molar-refractivity contribution is 5.96. The second-order valence-corrected chi connectivity index (χ2v) is 9.71. The third-order valence-corrected chi connectivity index (χ3v) is 6.04. The third-order valence-electron chi connectivity index (χ3n) is 6.04. The van der Waals surface area contributed by atoms with Crippen molar-refractivity contribution in [3.63, 3.8) is 0 Å². The molecule has 0 aromatic heterocycles. The van der Waals surface area contributed by atoms with E-state index in [9.17, 15) is 4.79 Å². The van der Waals surface area contributed by atoms with Gasteiger partial charge in [-0.3, -0.25) is 9.79 Å². The smallest absolute Gasteiger partial charge is 0.272 e. The van der Waals surface area contributed by atoms with Gasteiger partial charge in [-0.1, -0.05) is 18.2 Å². The van der Waals surface area contributed by atoms with Crippen LogP contribution >= 0.6 is 0 Å². The maximum absolute atomic E-state index is 13.4. The lowest BCUT2D eigenvalue weighted by Gasteiger charge is -2.42. The standard InChI is InChI=1S/C27H39N3O3/c1-20(2)29-23-14-13-21(17-25(23)32-5)11-8-12-24(28-18-22-9-6-7-10-22)26(31)30-15-16-33-19-27(30,3)4/h9,12-14,17-18,20,29H,6-8,10-11,15-16,19H2,1-5H3/b24-12+,28-18+. The molecule has 0 bridgehead atoms. The summed E-state index contributed by atoms with van der Waals surface area (Å²) in [7, 11) is 1.69. The molecule has 1 fully saturated rings. The minimum Gasteiger partial charge on any atom is -0.495 e. The van der Waals surface area contributed by atoms with E-state index in [0.717, 1.165) is 43.5 Å². The maximum Gasteiger partial charge on any atom is 0.272 e. The first-order valence-corrected chi connectivity index (χ1v) is 12.1. The lowest BCUT2D eigenvalue weighted by Crippen LogP contribution is -2.55. The van der Waals surface area contributed by atoms with Crippen LogP contribution in [0.25, 0.3) is 0 Å². The van der Waals surface area contributed by atoms with Gasteiger partial charge in [0.2, 0.25) is 0 Å². The first kappa shape index (κ1) is 25.0. The van der Waals surface area contributed by atoms with Crippen molar-refractivity contribution < 1.29 is 14.3 Å². The van der Waals surface area contributed by atoms with Crippen LogP contribution in [-0.4, -0.2) is 55.5 Å². The van der Waals surface area contributed by atoms with E-state index in [0.29, 0.717) is 31.5 Å². The molecule has 0 spiro atoms. The number of methoxy groups -OCH3 is 1. The Morgan fingerprint density at radius 3 is 2.85 bits per heavy atom. The second-order valence-electron chi connectivity index (χ2n) is 9.71. The predicted octanol–water partition coefficient (Wildman–Crippen LogP) is 5.15. The molecule has 0 saturated carbocycles. The van der Waals surface area contributed by atoms with Crippen molar-refractivity contribution in [2.24, 2.45) is 4.99 Å². The molecule has 1 aromatic carbocycles. The van der Waals surface area contributed by atoms with Gasteiger partial charge in [0.1, 0.15) is 11.4 Å². The van der Waals surface area contributed by atoms with Crippen LogP contribution < -0.4 is 10.1 Å². The lowest BCUT2D eigenvalue weighted by atomic mass is 10.0. The molecule has 1 heterocycles. The topological polar surface area (TPSA) is 63.2 Å².